The third-order valence-corrected chi connectivity index (χ3v) is 4.88. The third kappa shape index (κ3) is 10.3. The van der Waals surface area contributed by atoms with Crippen LogP contribution in [-0.4, -0.2) is 59.2 Å². The summed E-state index contributed by atoms with van der Waals surface area (Å²) in [5, 5.41) is 24.0. The summed E-state index contributed by atoms with van der Waals surface area (Å²) in [5.41, 5.74) is 17.5. The molecule has 174 valence electrons. The first-order chi connectivity index (χ1) is 14.8. The van der Waals surface area contributed by atoms with Gasteiger partial charge < -0.3 is 38.0 Å². The lowest BCUT2D eigenvalue weighted by Gasteiger charge is -2.23. The van der Waals surface area contributed by atoms with Crippen molar-refractivity contribution in [3.63, 3.8) is 0 Å². The topological polar surface area (TPSA) is 194 Å². The van der Waals surface area contributed by atoms with Gasteiger partial charge in [-0.25, -0.2) is 4.79 Å². The summed E-state index contributed by atoms with van der Waals surface area (Å²) < 4.78 is 0. The van der Waals surface area contributed by atoms with Crippen LogP contribution in [0, 0.1) is 0 Å². The predicted molar refractivity (Wildman–Crippen MR) is 117 cm³/mol. The Morgan fingerprint density at radius 1 is 0.839 bits per heavy atom. The second-order valence-electron chi connectivity index (χ2n) is 7.51. The molecule has 0 fully saturated rings. The molecular weight excluding hydrogens is 402 g/mol. The Balaban J connectivity index is 2.79. The van der Waals surface area contributed by atoms with Crippen molar-refractivity contribution in [3.8, 4) is 5.75 Å². The fraction of sp³-hybridized carbons (Fsp3) is 0.571. The molecular formula is C21H35N5O5. The minimum Gasteiger partial charge on any atom is -0.508 e. The highest BCUT2D eigenvalue weighted by molar-refractivity contribution is 5.91. The first kappa shape index (κ1) is 26.3. The highest BCUT2D eigenvalue weighted by atomic mass is 16.4. The van der Waals surface area contributed by atoms with Crippen LogP contribution in [-0.2, 0) is 20.8 Å². The van der Waals surface area contributed by atoms with Crippen LogP contribution in [0.3, 0.4) is 0 Å². The van der Waals surface area contributed by atoms with E-state index in [-0.39, 0.29) is 12.2 Å². The molecule has 0 aliphatic carbocycles. The first-order valence-corrected chi connectivity index (χ1v) is 10.6. The van der Waals surface area contributed by atoms with Crippen LogP contribution < -0.4 is 27.8 Å². The fourth-order valence-electron chi connectivity index (χ4n) is 3.02. The fourth-order valence-corrected chi connectivity index (χ4v) is 3.02. The van der Waals surface area contributed by atoms with E-state index in [1.807, 2.05) is 0 Å². The maximum Gasteiger partial charge on any atom is 0.326 e. The molecule has 2 amide bonds. The lowest BCUT2D eigenvalue weighted by atomic mass is 10.0. The van der Waals surface area contributed by atoms with Gasteiger partial charge in [-0.2, -0.15) is 0 Å². The van der Waals surface area contributed by atoms with Gasteiger partial charge in [0.2, 0.25) is 11.8 Å². The maximum atomic E-state index is 12.8. The average Bonchev–Trinajstić information content (AvgIpc) is 2.73. The zero-order valence-corrected chi connectivity index (χ0v) is 17.8. The van der Waals surface area contributed by atoms with Crippen molar-refractivity contribution in [1.82, 2.24) is 10.6 Å². The molecule has 0 saturated heterocycles. The SMILES string of the molecule is NCCCC[C@H](NC(=O)[C@@H](N)CCCCN)C(=O)N[C@@H](Cc1ccc(O)cc1)C(=O)O. The van der Waals surface area contributed by atoms with Gasteiger partial charge in [0.05, 0.1) is 6.04 Å². The molecule has 0 unspecified atom stereocenters. The number of carboxylic acids is 1. The molecule has 0 aliphatic heterocycles. The average molecular weight is 438 g/mol. The Morgan fingerprint density at radius 2 is 1.39 bits per heavy atom. The van der Waals surface area contributed by atoms with Crippen LogP contribution in [0.1, 0.15) is 44.1 Å². The quantitative estimate of drug-likeness (QED) is 0.180. The zero-order valence-electron chi connectivity index (χ0n) is 17.8. The molecule has 10 nitrogen and oxygen atoms in total. The van der Waals surface area contributed by atoms with E-state index < -0.39 is 35.9 Å². The van der Waals surface area contributed by atoms with Crippen LogP contribution in [0.4, 0.5) is 0 Å². The van der Waals surface area contributed by atoms with E-state index in [4.69, 9.17) is 17.2 Å². The van der Waals surface area contributed by atoms with Crippen LogP contribution in [0.25, 0.3) is 0 Å². The monoisotopic (exact) mass is 437 g/mol. The van der Waals surface area contributed by atoms with Gasteiger partial charge in [0.25, 0.3) is 0 Å². The Bertz CT molecular complexity index is 698. The maximum absolute atomic E-state index is 12.8. The van der Waals surface area contributed by atoms with E-state index >= 15 is 0 Å². The highest BCUT2D eigenvalue weighted by Gasteiger charge is 2.27. The largest absolute Gasteiger partial charge is 0.508 e. The van der Waals surface area contributed by atoms with Crippen molar-refractivity contribution in [2.75, 3.05) is 13.1 Å². The summed E-state index contributed by atoms with van der Waals surface area (Å²) in [4.78, 5) is 36.9. The van der Waals surface area contributed by atoms with Crippen molar-refractivity contribution in [2.45, 2.75) is 63.1 Å². The number of benzene rings is 1. The lowest BCUT2D eigenvalue weighted by Crippen LogP contribution is -2.54. The smallest absolute Gasteiger partial charge is 0.326 e. The van der Waals surface area contributed by atoms with Crippen LogP contribution in [0.15, 0.2) is 24.3 Å². The van der Waals surface area contributed by atoms with Crippen molar-refractivity contribution < 1.29 is 24.6 Å². The second kappa shape index (κ2) is 14.3. The number of nitrogens with one attached hydrogen (secondary N) is 2. The lowest BCUT2D eigenvalue weighted by molar-refractivity contribution is -0.142. The summed E-state index contributed by atoms with van der Waals surface area (Å²) in [6, 6.07) is 3.17. The number of unbranched alkanes of at least 4 members (excludes halogenated alkanes) is 2. The number of phenols is 1. The van der Waals surface area contributed by atoms with Crippen molar-refractivity contribution in [2.24, 2.45) is 17.2 Å². The van der Waals surface area contributed by atoms with E-state index in [2.05, 4.69) is 10.6 Å². The highest BCUT2D eigenvalue weighted by Crippen LogP contribution is 2.12. The number of aromatic hydroxyl groups is 1. The summed E-state index contributed by atoms with van der Waals surface area (Å²) in [6.45, 7) is 0.954. The standard InChI is InChI=1S/C21H35N5O5/c22-11-3-1-5-16(24)19(28)25-17(6-2-4-12-23)20(29)26-18(21(30)31)13-14-7-9-15(27)10-8-14/h7-10,16-18,27H,1-6,11-13,22-24H2,(H,25,28)(H,26,29)(H,30,31)/t16-,17-,18-/m0/s1. The number of phenolic OH excluding ortho intramolecular Hbond substituents is 1. The number of carbonyl (C=O) groups is 3. The summed E-state index contributed by atoms with van der Waals surface area (Å²) in [5.74, 6) is -2.20. The van der Waals surface area contributed by atoms with Crippen molar-refractivity contribution in [3.05, 3.63) is 29.8 Å². The Kier molecular flexibility index (Phi) is 12.2. The number of nitrogens with two attached hydrogens (primary N) is 3. The summed E-state index contributed by atoms with van der Waals surface area (Å²) in [6.07, 6.45) is 3.49. The van der Waals surface area contributed by atoms with E-state index in [0.717, 1.165) is 6.42 Å². The number of amides is 2. The second-order valence-corrected chi connectivity index (χ2v) is 7.51. The van der Waals surface area contributed by atoms with Gasteiger partial charge in [-0.05, 0) is 62.9 Å². The third-order valence-electron chi connectivity index (χ3n) is 4.88. The normalized spacial score (nSPS) is 13.8. The number of aliphatic carboxylic acids is 1. The van der Waals surface area contributed by atoms with Gasteiger partial charge in [-0.3, -0.25) is 9.59 Å². The predicted octanol–water partition coefficient (Wildman–Crippen LogP) is -0.426. The van der Waals surface area contributed by atoms with E-state index in [9.17, 15) is 24.6 Å². The van der Waals surface area contributed by atoms with Gasteiger partial charge in [0, 0.05) is 6.42 Å². The molecule has 1 aromatic rings. The van der Waals surface area contributed by atoms with Crippen LogP contribution in [0.5, 0.6) is 5.75 Å². The van der Waals surface area contributed by atoms with E-state index in [1.165, 1.54) is 12.1 Å². The molecule has 0 aliphatic rings. The minimum atomic E-state index is -1.20. The number of carbonyl (C=O) groups excluding carboxylic acids is 2. The van der Waals surface area contributed by atoms with E-state index in [1.54, 1.807) is 12.1 Å². The molecule has 0 aromatic heterocycles. The molecule has 10 N–H and O–H groups in total. The van der Waals surface area contributed by atoms with Crippen molar-refractivity contribution in [1.29, 1.82) is 0 Å². The van der Waals surface area contributed by atoms with Gasteiger partial charge in [0.1, 0.15) is 17.8 Å². The van der Waals surface area contributed by atoms with Crippen molar-refractivity contribution >= 4 is 17.8 Å². The number of hydrogen-bond donors (Lipinski definition) is 7. The van der Waals surface area contributed by atoms with Gasteiger partial charge in [-0.15, -0.1) is 0 Å². The van der Waals surface area contributed by atoms with Gasteiger partial charge in [-0.1, -0.05) is 18.6 Å². The summed E-state index contributed by atoms with van der Waals surface area (Å²) >= 11 is 0. The Labute approximate surface area is 182 Å². The molecule has 0 saturated carbocycles. The molecule has 0 spiro atoms. The minimum absolute atomic E-state index is 0.0312. The van der Waals surface area contributed by atoms with Gasteiger partial charge in [0.15, 0.2) is 0 Å². The molecule has 0 radical (unpaired) electrons. The van der Waals surface area contributed by atoms with Crippen LogP contribution >= 0.6 is 0 Å². The molecule has 0 heterocycles. The zero-order chi connectivity index (χ0) is 23.2. The molecule has 1 aromatic carbocycles. The molecule has 1 rings (SSSR count). The van der Waals surface area contributed by atoms with E-state index in [0.29, 0.717) is 50.8 Å². The number of rotatable bonds is 15. The molecule has 31 heavy (non-hydrogen) atoms. The summed E-state index contributed by atoms with van der Waals surface area (Å²) in [7, 11) is 0. The number of carboxylic acid groups (broad SMARTS) is 1. The van der Waals surface area contributed by atoms with Crippen LogP contribution in [0.2, 0.25) is 0 Å². The Morgan fingerprint density at radius 3 is 1.94 bits per heavy atom. The molecule has 0 bridgehead atoms. The Hall–Kier alpha value is -2.69. The first-order valence-electron chi connectivity index (χ1n) is 10.6. The van der Waals surface area contributed by atoms with Gasteiger partial charge >= 0.3 is 5.97 Å². The molecule has 3 atom stereocenters. The molecule has 10 heteroatoms. The number of hydrogen-bond acceptors (Lipinski definition) is 7.